The Morgan fingerprint density at radius 2 is 1.83 bits per heavy atom. The van der Waals surface area contributed by atoms with Gasteiger partial charge in [-0.25, -0.2) is 4.79 Å². The van der Waals surface area contributed by atoms with Gasteiger partial charge in [-0.2, -0.15) is 0 Å². The summed E-state index contributed by atoms with van der Waals surface area (Å²) in [6.07, 6.45) is 2.66. The van der Waals surface area contributed by atoms with Crippen LogP contribution in [0.4, 0.5) is 10.5 Å². The lowest BCUT2D eigenvalue weighted by atomic mass is 9.85. The van der Waals surface area contributed by atoms with Crippen molar-refractivity contribution in [2.45, 2.75) is 102 Å². The Labute approximate surface area is 316 Å². The molecule has 2 aromatic rings. The second kappa shape index (κ2) is 17.7. The van der Waals surface area contributed by atoms with E-state index in [-0.39, 0.29) is 42.4 Å². The maximum absolute atomic E-state index is 14.0. The molecule has 0 spiro atoms. The topological polar surface area (TPSA) is 161 Å². The quantitative estimate of drug-likeness (QED) is 0.240. The molecule has 6 atom stereocenters. The Morgan fingerprint density at radius 1 is 1.13 bits per heavy atom. The Bertz CT molecular complexity index is 1720. The number of aliphatic hydroxyl groups is 2. The van der Waals surface area contributed by atoms with Crippen LogP contribution in [0.25, 0.3) is 0 Å². The Hall–Kier alpha value is -4.23. The molecule has 2 aromatic carbocycles. The van der Waals surface area contributed by atoms with E-state index in [2.05, 4.69) is 5.32 Å². The van der Waals surface area contributed by atoms with Crippen LogP contribution in [0.15, 0.2) is 60.2 Å². The molecule has 53 heavy (non-hydrogen) atoms. The fourth-order valence-corrected chi connectivity index (χ4v) is 7.00. The molecule has 4 rings (SSSR count). The number of carbonyl (C=O) groups excluding carboxylic acids is 4. The number of halogens is 1. The number of benzene rings is 2. The van der Waals surface area contributed by atoms with Crippen LogP contribution in [0.5, 0.6) is 5.75 Å². The molecule has 2 aliphatic rings. The fourth-order valence-electron chi connectivity index (χ4n) is 6.69. The molecule has 13 heteroatoms. The van der Waals surface area contributed by atoms with Gasteiger partial charge in [-0.15, -0.1) is 0 Å². The lowest BCUT2D eigenvalue weighted by Gasteiger charge is -2.42. The number of anilines is 1. The van der Waals surface area contributed by atoms with Crippen LogP contribution in [0.1, 0.15) is 81.3 Å². The van der Waals surface area contributed by atoms with Gasteiger partial charge < -0.3 is 34.1 Å². The number of rotatable bonds is 6. The van der Waals surface area contributed by atoms with Gasteiger partial charge in [0.05, 0.1) is 31.2 Å². The maximum atomic E-state index is 14.0. The number of hydrogen-bond acceptors (Lipinski definition) is 10. The van der Waals surface area contributed by atoms with Gasteiger partial charge in [0, 0.05) is 26.1 Å². The van der Waals surface area contributed by atoms with Crippen LogP contribution in [0.3, 0.4) is 0 Å². The van der Waals surface area contributed by atoms with Gasteiger partial charge in [-0.3, -0.25) is 19.7 Å². The van der Waals surface area contributed by atoms with E-state index in [1.54, 1.807) is 55.6 Å². The Balaban J connectivity index is 1.70. The zero-order valence-electron chi connectivity index (χ0n) is 31.4. The van der Waals surface area contributed by atoms with Crippen LogP contribution in [-0.4, -0.2) is 84.9 Å². The summed E-state index contributed by atoms with van der Waals surface area (Å²) >= 11 is 6.73. The molecule has 1 fully saturated rings. The third-order valence-electron chi connectivity index (χ3n) is 10.0. The summed E-state index contributed by atoms with van der Waals surface area (Å²) in [4.78, 5) is 53.0. The highest BCUT2D eigenvalue weighted by Gasteiger charge is 2.46. The molecule has 2 heterocycles. The maximum Gasteiger partial charge on any atom is 0.409 e. The third kappa shape index (κ3) is 10.7. The van der Waals surface area contributed by atoms with Crippen LogP contribution < -0.4 is 15.0 Å². The Kier molecular flexibility index (Phi) is 13.9. The number of amides is 2. The van der Waals surface area contributed by atoms with E-state index < -0.39 is 47.6 Å². The highest BCUT2D eigenvalue weighted by atomic mass is 35.5. The number of ketones is 1. The van der Waals surface area contributed by atoms with Gasteiger partial charge >= 0.3 is 12.1 Å². The van der Waals surface area contributed by atoms with E-state index in [0.717, 1.165) is 11.1 Å². The van der Waals surface area contributed by atoms with Crippen LogP contribution in [-0.2, 0) is 36.6 Å². The number of nitrogens with one attached hydrogen (secondary N) is 1. The van der Waals surface area contributed by atoms with Gasteiger partial charge in [-0.05, 0) is 69.2 Å². The van der Waals surface area contributed by atoms with E-state index in [1.807, 2.05) is 19.9 Å². The third-order valence-corrected chi connectivity index (χ3v) is 10.4. The minimum atomic E-state index is -1.75. The number of alkyl carbamates (subject to hydrolysis) is 1. The van der Waals surface area contributed by atoms with Gasteiger partial charge in [0.15, 0.2) is 11.5 Å². The smallest absolute Gasteiger partial charge is 0.409 e. The summed E-state index contributed by atoms with van der Waals surface area (Å²) in [6, 6.07) is 10.1. The molecular weight excluding hydrogens is 704 g/mol. The molecule has 2 amide bonds. The van der Waals surface area contributed by atoms with Crippen molar-refractivity contribution < 1.29 is 48.3 Å². The number of methoxy groups -OCH3 is 2. The summed E-state index contributed by atoms with van der Waals surface area (Å²) in [7, 11) is 4.48. The van der Waals surface area contributed by atoms with E-state index in [0.29, 0.717) is 41.8 Å². The van der Waals surface area contributed by atoms with Crippen LogP contribution >= 0.6 is 11.6 Å². The first kappa shape index (κ1) is 41.5. The predicted octanol–water partition coefficient (Wildman–Crippen LogP) is 5.88. The average molecular weight is 755 g/mol. The normalized spacial score (nSPS) is 29.0. The first-order valence-electron chi connectivity index (χ1n) is 17.7. The predicted molar refractivity (Wildman–Crippen MR) is 200 cm³/mol. The Morgan fingerprint density at radius 3 is 2.47 bits per heavy atom. The largest absolute Gasteiger partial charge is 0.495 e. The van der Waals surface area contributed by atoms with Gasteiger partial charge in [0.25, 0.3) is 0 Å². The molecule has 0 unspecified atom stereocenters. The summed E-state index contributed by atoms with van der Waals surface area (Å²) in [6.45, 7) is 6.77. The summed E-state index contributed by atoms with van der Waals surface area (Å²) in [5.74, 6) is -1.11. The first-order chi connectivity index (χ1) is 25.0. The van der Waals surface area contributed by atoms with E-state index >= 15 is 0 Å². The monoisotopic (exact) mass is 754 g/mol. The SMILES string of the molecule is COc1cc2cc(c1Cl)N(C)C(=O)C[C@H](OC(=O)Cc1ccc(C(C)=O)cc1)[C@](C)(O)CCC[C@H](C)[C@@H]1C[C@@](O)(NC(=O)O1)[C@H](OC)/C=C/C=C(\C)C2. The number of hydrogen-bond donors (Lipinski definition) is 3. The van der Waals surface area contributed by atoms with Crippen molar-refractivity contribution in [3.05, 3.63) is 81.9 Å². The number of esters is 1. The minimum Gasteiger partial charge on any atom is -0.495 e. The lowest BCUT2D eigenvalue weighted by molar-refractivity contribution is -0.166. The molecular formula is C40H51ClN2O10. The number of allylic oxidation sites excluding steroid dienone is 3. The van der Waals surface area contributed by atoms with E-state index in [9.17, 15) is 29.4 Å². The molecule has 12 nitrogen and oxygen atoms in total. The molecule has 2 aliphatic heterocycles. The average Bonchev–Trinajstić information content (AvgIpc) is 3.09. The minimum absolute atomic E-state index is 0.0453. The second-order valence-electron chi connectivity index (χ2n) is 14.4. The van der Waals surface area contributed by atoms with Gasteiger partial charge in [0.1, 0.15) is 29.1 Å². The molecule has 0 radical (unpaired) electrons. The molecule has 1 saturated heterocycles. The highest BCUT2D eigenvalue weighted by molar-refractivity contribution is 6.35. The van der Waals surface area contributed by atoms with Crippen molar-refractivity contribution in [1.29, 1.82) is 0 Å². The van der Waals surface area contributed by atoms with E-state index in [1.165, 1.54) is 33.0 Å². The standard InChI is InChI=1S/C40H51ClN2O10/c1-24-10-8-12-33(51-7)40(49)23-32(52-38(47)42-40)25(2)11-9-17-39(4,48)34(53-36(46)21-27-13-15-29(16-14-27)26(3)44)22-35(45)43(5)30-19-28(18-24)20-31(50-6)37(30)41/h8,10,12-16,19-20,25,32-34,48-49H,9,11,17-18,21-23H2,1-7H3,(H,42,47)/b12-8+,24-10+/t25-,32-,33+,34-,39+,40-/m0/s1. The number of Topliss-reactive ketones (excluding diaryl/α,β-unsaturated/α-hetero) is 1. The number of ether oxygens (including phenoxy) is 4. The van der Waals surface area contributed by atoms with Crippen molar-refractivity contribution in [1.82, 2.24) is 5.32 Å². The zero-order chi connectivity index (χ0) is 39.1. The van der Waals surface area contributed by atoms with Crippen molar-refractivity contribution >= 4 is 41.0 Å². The fraction of sp³-hybridized carbons (Fsp3) is 0.500. The van der Waals surface area contributed by atoms with Crippen molar-refractivity contribution in [3.8, 4) is 5.75 Å². The molecule has 0 saturated carbocycles. The highest BCUT2D eigenvalue weighted by Crippen LogP contribution is 2.38. The molecule has 4 bridgehead atoms. The van der Waals surface area contributed by atoms with Crippen LogP contribution in [0.2, 0.25) is 5.02 Å². The van der Waals surface area contributed by atoms with Crippen molar-refractivity contribution in [2.24, 2.45) is 5.92 Å². The molecule has 3 N–H and O–H groups in total. The summed E-state index contributed by atoms with van der Waals surface area (Å²) < 4.78 is 22.6. The number of nitrogens with zero attached hydrogens (tertiary/aromatic N) is 1. The molecule has 288 valence electrons. The van der Waals surface area contributed by atoms with Gasteiger partial charge in [-0.1, -0.05) is 73.0 Å². The number of fused-ring (bicyclic) bond motifs is 4. The van der Waals surface area contributed by atoms with Crippen molar-refractivity contribution in [2.75, 3.05) is 26.2 Å². The first-order valence-corrected chi connectivity index (χ1v) is 18.1. The summed E-state index contributed by atoms with van der Waals surface area (Å²) in [5, 5.41) is 26.2. The molecule has 0 aromatic heterocycles. The van der Waals surface area contributed by atoms with Crippen LogP contribution in [0, 0.1) is 5.92 Å². The number of carbonyl (C=O) groups is 4. The lowest BCUT2D eigenvalue weighted by Crippen LogP contribution is -2.63. The van der Waals surface area contributed by atoms with E-state index in [4.69, 9.17) is 30.5 Å². The summed E-state index contributed by atoms with van der Waals surface area (Å²) in [5.41, 5.74) is -0.235. The molecule has 0 aliphatic carbocycles. The van der Waals surface area contributed by atoms with Crippen molar-refractivity contribution in [3.63, 3.8) is 0 Å². The second-order valence-corrected chi connectivity index (χ2v) is 14.7. The van der Waals surface area contributed by atoms with Gasteiger partial charge in [0.2, 0.25) is 5.91 Å². The zero-order valence-corrected chi connectivity index (χ0v) is 32.2.